The summed E-state index contributed by atoms with van der Waals surface area (Å²) in [6.07, 6.45) is -0.186. The van der Waals surface area contributed by atoms with Crippen molar-refractivity contribution in [3.05, 3.63) is 23.8 Å². The van der Waals surface area contributed by atoms with Crippen LogP contribution in [-0.2, 0) is 19.1 Å². The lowest BCUT2D eigenvalue weighted by molar-refractivity contribution is -0.234. The summed E-state index contributed by atoms with van der Waals surface area (Å²) in [6, 6.07) is 0. The number of ketones is 2. The van der Waals surface area contributed by atoms with Crippen molar-refractivity contribution in [1.82, 2.24) is 0 Å². The topological polar surface area (TPSA) is 93.1 Å². The Labute approximate surface area is 185 Å². The number of carbonyl (C=O) groups is 2. The smallest absolute Gasteiger partial charge is 0.193 e. The molecule has 0 aromatic heterocycles. The molecular weight excluding hydrogens is 422 g/mol. The summed E-state index contributed by atoms with van der Waals surface area (Å²) >= 11 is 0. The summed E-state index contributed by atoms with van der Waals surface area (Å²) in [4.78, 5) is 25.0. The Morgan fingerprint density at radius 1 is 1.28 bits per heavy atom. The molecule has 0 aromatic rings. The first-order valence-electron chi connectivity index (χ1n) is 11.4. The third-order valence-corrected chi connectivity index (χ3v) is 9.31. The molecule has 2 N–H and O–H groups in total. The van der Waals surface area contributed by atoms with Gasteiger partial charge in [-0.15, -0.1) is 0 Å². The van der Waals surface area contributed by atoms with Crippen molar-refractivity contribution in [2.45, 2.75) is 82.4 Å². The first-order valence-corrected chi connectivity index (χ1v) is 11.4. The number of rotatable bonds is 3. The zero-order chi connectivity index (χ0) is 23.3. The van der Waals surface area contributed by atoms with Crippen LogP contribution in [0.3, 0.4) is 0 Å². The van der Waals surface area contributed by atoms with Crippen LogP contribution in [0.4, 0.5) is 8.78 Å². The van der Waals surface area contributed by atoms with Crippen LogP contribution in [0.25, 0.3) is 0 Å². The van der Waals surface area contributed by atoms with Crippen molar-refractivity contribution in [3.8, 4) is 0 Å². The van der Waals surface area contributed by atoms with Crippen LogP contribution >= 0.6 is 0 Å². The molecule has 10 atom stereocenters. The molecule has 0 bridgehead atoms. The lowest BCUT2D eigenvalue weighted by atomic mass is 9.44. The van der Waals surface area contributed by atoms with E-state index in [0.717, 1.165) is 6.08 Å². The van der Waals surface area contributed by atoms with Crippen LogP contribution in [0.15, 0.2) is 23.8 Å². The summed E-state index contributed by atoms with van der Waals surface area (Å²) in [5.41, 5.74) is -6.22. The van der Waals surface area contributed by atoms with Crippen molar-refractivity contribution >= 4 is 11.6 Å². The third kappa shape index (κ3) is 2.32. The molecule has 0 unspecified atom stereocenters. The molecule has 32 heavy (non-hydrogen) atoms. The van der Waals surface area contributed by atoms with E-state index in [0.29, 0.717) is 6.42 Å². The lowest BCUT2D eigenvalue weighted by Gasteiger charge is -2.63. The van der Waals surface area contributed by atoms with E-state index in [2.05, 4.69) is 0 Å². The number of aliphatic hydroxyl groups is 2. The highest BCUT2D eigenvalue weighted by molar-refractivity contribution is 6.01. The van der Waals surface area contributed by atoms with E-state index in [-0.39, 0.29) is 24.8 Å². The minimum atomic E-state index is -2.23. The molecule has 4 aliphatic carbocycles. The van der Waals surface area contributed by atoms with Crippen molar-refractivity contribution in [1.29, 1.82) is 0 Å². The monoisotopic (exact) mass is 452 g/mol. The molecule has 0 radical (unpaired) electrons. The van der Waals surface area contributed by atoms with Crippen molar-refractivity contribution in [2.24, 2.45) is 22.7 Å². The summed E-state index contributed by atoms with van der Waals surface area (Å²) in [5, 5.41) is 21.1. The number of halogens is 2. The largest absolute Gasteiger partial charge is 0.390 e. The highest BCUT2D eigenvalue weighted by Crippen LogP contribution is 2.72. The van der Waals surface area contributed by atoms with E-state index in [9.17, 15) is 19.8 Å². The highest BCUT2D eigenvalue weighted by atomic mass is 19.1. The molecule has 1 aliphatic heterocycles. The van der Waals surface area contributed by atoms with Gasteiger partial charge in [-0.1, -0.05) is 19.9 Å². The Morgan fingerprint density at radius 3 is 2.66 bits per heavy atom. The summed E-state index contributed by atoms with van der Waals surface area (Å²) in [5.74, 6) is -2.39. The number of fused-ring (bicyclic) bond motifs is 7. The molecule has 8 heteroatoms. The summed E-state index contributed by atoms with van der Waals surface area (Å²) in [6.45, 7) is 4.40. The molecule has 0 amide bonds. The van der Waals surface area contributed by atoms with Gasteiger partial charge in [0.1, 0.15) is 12.8 Å². The molecule has 1 saturated heterocycles. The van der Waals surface area contributed by atoms with Gasteiger partial charge in [0, 0.05) is 16.7 Å². The fraction of sp³-hybridized carbons (Fsp3) is 0.750. The van der Waals surface area contributed by atoms with Crippen LogP contribution < -0.4 is 0 Å². The summed E-state index contributed by atoms with van der Waals surface area (Å²) < 4.78 is 44.7. The number of Topliss-reactive ketones (excluding diaryl/α,β-unsaturated/α-hetero) is 1. The fourth-order valence-electron chi connectivity index (χ4n) is 7.82. The van der Waals surface area contributed by atoms with E-state index >= 15 is 8.78 Å². The van der Waals surface area contributed by atoms with Crippen LogP contribution in [-0.4, -0.2) is 64.3 Å². The average molecular weight is 452 g/mol. The van der Waals surface area contributed by atoms with E-state index in [1.165, 1.54) is 19.1 Å². The highest BCUT2D eigenvalue weighted by Gasteiger charge is 2.79. The van der Waals surface area contributed by atoms with Crippen LogP contribution in [0, 0.1) is 22.7 Å². The van der Waals surface area contributed by atoms with Gasteiger partial charge in [-0.05, 0) is 56.3 Å². The predicted octanol–water partition coefficient (Wildman–Crippen LogP) is 2.37. The normalized spacial score (nSPS) is 53.8. The number of aliphatic hydroxyl groups excluding tert-OH is 2. The molecule has 3 saturated carbocycles. The Kier molecular flexibility index (Phi) is 4.73. The zero-order valence-corrected chi connectivity index (χ0v) is 18.5. The van der Waals surface area contributed by atoms with Crippen LogP contribution in [0.2, 0.25) is 0 Å². The maximum atomic E-state index is 17.1. The lowest BCUT2D eigenvalue weighted by Crippen LogP contribution is -2.70. The molecule has 1 heterocycles. The standard InChI is InChI=1S/C24H30F2O6/c1-4-20-31-19-9-13-14-8-16(25)15-7-12(28)5-6-21(15,2)23(14,26)17(29)10-22(13,3)24(19,32-20)18(30)11-27/h5-7,13-14,16-17,19-20,27,29H,4,8-11H2,1-3H3/t13-,14-,16-,17-,19+,20+,21-,22-,23-,24+/m0/s1. The molecule has 176 valence electrons. The van der Waals surface area contributed by atoms with E-state index in [1.54, 1.807) is 6.92 Å². The quantitative estimate of drug-likeness (QED) is 0.683. The SMILES string of the molecule is CC[C@@H]1O[C@@H]2C[C@H]3[C@@H]4C[C@H](F)C5=CC(=O)C=C[C@]5(C)[C@@]4(F)[C@@H](O)C[C@]3(C)[C@]2(C(=O)CO)O1. The average Bonchev–Trinajstić information content (AvgIpc) is 3.24. The van der Waals surface area contributed by atoms with Crippen LogP contribution in [0.5, 0.6) is 0 Å². The van der Waals surface area contributed by atoms with Crippen molar-refractivity contribution in [2.75, 3.05) is 6.61 Å². The van der Waals surface area contributed by atoms with Gasteiger partial charge in [0.25, 0.3) is 0 Å². The minimum absolute atomic E-state index is 0.0595. The predicted molar refractivity (Wildman–Crippen MR) is 109 cm³/mol. The number of ether oxygens (including phenoxy) is 2. The second-order valence-electron chi connectivity index (χ2n) is 10.5. The second kappa shape index (κ2) is 6.78. The number of alkyl halides is 2. The van der Waals surface area contributed by atoms with Gasteiger partial charge in [0.2, 0.25) is 0 Å². The van der Waals surface area contributed by atoms with Crippen molar-refractivity contribution < 1.29 is 38.1 Å². The molecule has 6 nitrogen and oxygen atoms in total. The molecule has 4 fully saturated rings. The zero-order valence-electron chi connectivity index (χ0n) is 18.5. The Balaban J connectivity index is 1.64. The maximum Gasteiger partial charge on any atom is 0.193 e. The third-order valence-electron chi connectivity index (χ3n) is 9.31. The van der Waals surface area contributed by atoms with Gasteiger partial charge < -0.3 is 19.7 Å². The van der Waals surface area contributed by atoms with Crippen molar-refractivity contribution in [3.63, 3.8) is 0 Å². The number of carbonyl (C=O) groups excluding carboxylic acids is 2. The van der Waals surface area contributed by atoms with Gasteiger partial charge in [-0.3, -0.25) is 9.59 Å². The molecule has 0 aromatic carbocycles. The molecule has 5 aliphatic rings. The number of allylic oxidation sites excluding steroid dienone is 4. The number of hydrogen-bond donors (Lipinski definition) is 2. The Morgan fingerprint density at radius 2 is 2.00 bits per heavy atom. The first kappa shape index (κ1) is 22.3. The molecular formula is C24H30F2O6. The van der Waals surface area contributed by atoms with Gasteiger partial charge in [-0.25, -0.2) is 8.78 Å². The molecule has 5 rings (SSSR count). The second-order valence-corrected chi connectivity index (χ2v) is 10.5. The Bertz CT molecular complexity index is 933. The maximum absolute atomic E-state index is 17.1. The minimum Gasteiger partial charge on any atom is -0.390 e. The van der Waals surface area contributed by atoms with Gasteiger partial charge in [-0.2, -0.15) is 0 Å². The number of hydrogen-bond acceptors (Lipinski definition) is 6. The van der Waals surface area contributed by atoms with E-state index in [4.69, 9.17) is 9.47 Å². The fourth-order valence-corrected chi connectivity index (χ4v) is 7.82. The van der Waals surface area contributed by atoms with Gasteiger partial charge in [0.05, 0.1) is 12.2 Å². The molecule has 0 spiro atoms. The first-order chi connectivity index (χ1) is 15.0. The summed E-state index contributed by atoms with van der Waals surface area (Å²) in [7, 11) is 0. The van der Waals surface area contributed by atoms with Gasteiger partial charge in [0.15, 0.2) is 29.1 Å². The van der Waals surface area contributed by atoms with E-state index in [1.807, 2.05) is 6.92 Å². The van der Waals surface area contributed by atoms with Gasteiger partial charge >= 0.3 is 0 Å². The van der Waals surface area contributed by atoms with E-state index < -0.39 is 76.8 Å². The Hall–Kier alpha value is -1.48. The van der Waals surface area contributed by atoms with Crippen LogP contribution in [0.1, 0.15) is 46.5 Å².